The minimum atomic E-state index is 0.307. The quantitative estimate of drug-likeness (QED) is 0.603. The highest BCUT2D eigenvalue weighted by Crippen LogP contribution is 2.65. The standard InChI is InChI=1S/C24H39N/c1-16(17(2)25)15-19-9-11-21-20-10-8-18-7-5-6-13-23(18,3)22(20)12-14-24(19,21)4/h8-9,16-17,20-22H,5-7,10-15,25H2,1-4H3/t16?,17?,20?,21?,22?,23-,24+/m0/s1. The van der Waals surface area contributed by atoms with Crippen LogP contribution in [0.4, 0.5) is 0 Å². The second kappa shape index (κ2) is 6.25. The number of rotatable bonds is 3. The summed E-state index contributed by atoms with van der Waals surface area (Å²) in [5, 5.41) is 0. The van der Waals surface area contributed by atoms with Crippen molar-refractivity contribution in [2.45, 2.75) is 91.5 Å². The molecule has 0 aromatic carbocycles. The van der Waals surface area contributed by atoms with Crippen LogP contribution < -0.4 is 5.73 Å². The number of hydrogen-bond acceptors (Lipinski definition) is 1. The molecule has 2 fully saturated rings. The van der Waals surface area contributed by atoms with E-state index in [0.29, 0.717) is 22.8 Å². The Morgan fingerprint density at radius 3 is 2.60 bits per heavy atom. The van der Waals surface area contributed by atoms with Crippen molar-refractivity contribution >= 4 is 0 Å². The lowest BCUT2D eigenvalue weighted by molar-refractivity contribution is -0.0182. The highest BCUT2D eigenvalue weighted by atomic mass is 14.6. The van der Waals surface area contributed by atoms with Gasteiger partial charge in [-0.3, -0.25) is 0 Å². The van der Waals surface area contributed by atoms with Crippen molar-refractivity contribution in [3.05, 3.63) is 23.3 Å². The number of fused-ring (bicyclic) bond motifs is 5. The molecule has 140 valence electrons. The van der Waals surface area contributed by atoms with Crippen molar-refractivity contribution in [1.82, 2.24) is 0 Å². The largest absolute Gasteiger partial charge is 0.328 e. The van der Waals surface area contributed by atoms with E-state index in [1.54, 1.807) is 5.57 Å². The van der Waals surface area contributed by atoms with Gasteiger partial charge in [-0.25, -0.2) is 0 Å². The van der Waals surface area contributed by atoms with Crippen LogP contribution in [0.5, 0.6) is 0 Å². The van der Waals surface area contributed by atoms with Gasteiger partial charge in [0.15, 0.2) is 0 Å². The van der Waals surface area contributed by atoms with Gasteiger partial charge < -0.3 is 5.73 Å². The fraction of sp³-hybridized carbons (Fsp3) is 0.833. The first-order valence-electron chi connectivity index (χ1n) is 11.0. The van der Waals surface area contributed by atoms with Crippen LogP contribution in [0.1, 0.15) is 85.5 Å². The van der Waals surface area contributed by atoms with Crippen LogP contribution in [0.2, 0.25) is 0 Å². The molecule has 4 aliphatic rings. The third-order valence-corrected chi connectivity index (χ3v) is 9.20. The van der Waals surface area contributed by atoms with Gasteiger partial charge in [0.2, 0.25) is 0 Å². The van der Waals surface area contributed by atoms with Gasteiger partial charge in [-0.15, -0.1) is 0 Å². The summed E-state index contributed by atoms with van der Waals surface area (Å²) in [6.07, 6.45) is 17.8. The van der Waals surface area contributed by atoms with Crippen LogP contribution in [0.25, 0.3) is 0 Å². The monoisotopic (exact) mass is 341 g/mol. The summed E-state index contributed by atoms with van der Waals surface area (Å²) in [7, 11) is 0. The molecule has 0 aromatic heterocycles. The van der Waals surface area contributed by atoms with E-state index in [2.05, 4.69) is 39.8 Å². The van der Waals surface area contributed by atoms with Gasteiger partial charge >= 0.3 is 0 Å². The van der Waals surface area contributed by atoms with E-state index in [-0.39, 0.29) is 0 Å². The topological polar surface area (TPSA) is 26.0 Å². The molecule has 0 bridgehead atoms. The lowest BCUT2D eigenvalue weighted by atomic mass is 9.47. The first-order chi connectivity index (χ1) is 11.9. The third-order valence-electron chi connectivity index (χ3n) is 9.20. The summed E-state index contributed by atoms with van der Waals surface area (Å²) >= 11 is 0. The van der Waals surface area contributed by atoms with Crippen molar-refractivity contribution < 1.29 is 0 Å². The number of allylic oxidation sites excluding steroid dienone is 4. The highest BCUT2D eigenvalue weighted by Gasteiger charge is 2.55. The second-order valence-corrected chi connectivity index (χ2v) is 10.4. The Morgan fingerprint density at radius 2 is 1.84 bits per heavy atom. The number of nitrogens with two attached hydrogens (primary N) is 1. The molecule has 0 saturated heterocycles. The molecule has 1 heteroatoms. The van der Waals surface area contributed by atoms with E-state index in [4.69, 9.17) is 5.73 Å². The summed E-state index contributed by atoms with van der Waals surface area (Å²) in [5.74, 6) is 3.36. The summed E-state index contributed by atoms with van der Waals surface area (Å²) in [5.41, 5.74) is 10.8. The molecular weight excluding hydrogens is 302 g/mol. The van der Waals surface area contributed by atoms with E-state index in [1.807, 2.05) is 5.57 Å². The molecule has 0 aromatic rings. The minimum absolute atomic E-state index is 0.307. The fourth-order valence-corrected chi connectivity index (χ4v) is 7.20. The predicted octanol–water partition coefficient (Wildman–Crippen LogP) is 6.25. The van der Waals surface area contributed by atoms with E-state index in [9.17, 15) is 0 Å². The van der Waals surface area contributed by atoms with Crippen molar-refractivity contribution in [1.29, 1.82) is 0 Å². The van der Waals surface area contributed by atoms with E-state index >= 15 is 0 Å². The Hall–Kier alpha value is -0.560. The van der Waals surface area contributed by atoms with Crippen molar-refractivity contribution in [3.63, 3.8) is 0 Å². The van der Waals surface area contributed by atoms with E-state index in [0.717, 1.165) is 17.8 Å². The van der Waals surface area contributed by atoms with Gasteiger partial charge in [-0.1, -0.05) is 50.5 Å². The molecule has 4 aliphatic carbocycles. The summed E-state index contributed by atoms with van der Waals surface area (Å²) in [6, 6.07) is 0.307. The molecule has 1 nitrogen and oxygen atoms in total. The molecule has 2 N–H and O–H groups in total. The number of hydrogen-bond donors (Lipinski definition) is 1. The Balaban J connectivity index is 1.57. The van der Waals surface area contributed by atoms with Crippen molar-refractivity contribution in [2.24, 2.45) is 40.2 Å². The molecule has 4 rings (SSSR count). The van der Waals surface area contributed by atoms with Gasteiger partial charge in [-0.05, 0) is 92.8 Å². The molecule has 5 unspecified atom stereocenters. The molecule has 2 saturated carbocycles. The van der Waals surface area contributed by atoms with Crippen molar-refractivity contribution in [3.8, 4) is 0 Å². The molecular formula is C24H39N. The van der Waals surface area contributed by atoms with Gasteiger partial charge in [-0.2, -0.15) is 0 Å². The Labute approximate surface area is 155 Å². The maximum Gasteiger partial charge on any atom is 0.00391 e. The Morgan fingerprint density at radius 1 is 1.04 bits per heavy atom. The molecule has 0 heterocycles. The predicted molar refractivity (Wildman–Crippen MR) is 107 cm³/mol. The van der Waals surface area contributed by atoms with Gasteiger partial charge in [0.05, 0.1) is 0 Å². The first-order valence-corrected chi connectivity index (χ1v) is 11.0. The zero-order valence-electron chi connectivity index (χ0n) is 17.0. The summed E-state index contributed by atoms with van der Waals surface area (Å²) in [4.78, 5) is 0. The lowest BCUT2D eigenvalue weighted by Gasteiger charge is -2.57. The van der Waals surface area contributed by atoms with Crippen molar-refractivity contribution in [2.75, 3.05) is 0 Å². The normalized spacial score (nSPS) is 45.6. The second-order valence-electron chi connectivity index (χ2n) is 10.4. The fourth-order valence-electron chi connectivity index (χ4n) is 7.20. The maximum atomic E-state index is 6.19. The van der Waals surface area contributed by atoms with Gasteiger partial charge in [0.25, 0.3) is 0 Å². The van der Waals surface area contributed by atoms with Crippen LogP contribution >= 0.6 is 0 Å². The van der Waals surface area contributed by atoms with Gasteiger partial charge in [0.1, 0.15) is 0 Å². The molecule has 0 radical (unpaired) electrons. The highest BCUT2D eigenvalue weighted by molar-refractivity contribution is 5.30. The molecule has 0 amide bonds. The van der Waals surface area contributed by atoms with Gasteiger partial charge in [0, 0.05) is 6.04 Å². The molecule has 0 aliphatic heterocycles. The lowest BCUT2D eigenvalue weighted by Crippen LogP contribution is -2.49. The van der Waals surface area contributed by atoms with Crippen LogP contribution in [-0.4, -0.2) is 6.04 Å². The first kappa shape index (κ1) is 17.8. The van der Waals surface area contributed by atoms with E-state index in [1.165, 1.54) is 57.8 Å². The minimum Gasteiger partial charge on any atom is -0.328 e. The van der Waals surface area contributed by atoms with E-state index < -0.39 is 0 Å². The smallest absolute Gasteiger partial charge is 0.00391 e. The SMILES string of the molecule is CC(N)C(C)CC1=CCC2C3CC=C4CCCC[C@]4(C)C3CC[C@]12C. The Kier molecular flexibility index (Phi) is 4.46. The molecule has 7 atom stereocenters. The Bertz CT molecular complexity index is 585. The van der Waals surface area contributed by atoms with Crippen LogP contribution in [-0.2, 0) is 0 Å². The zero-order valence-corrected chi connectivity index (χ0v) is 17.0. The molecule has 0 spiro atoms. The zero-order chi connectivity index (χ0) is 17.8. The summed E-state index contributed by atoms with van der Waals surface area (Å²) < 4.78 is 0. The average molecular weight is 342 g/mol. The van der Waals surface area contributed by atoms with Crippen LogP contribution in [0.15, 0.2) is 23.3 Å². The molecule has 25 heavy (non-hydrogen) atoms. The van der Waals surface area contributed by atoms with Crippen LogP contribution in [0.3, 0.4) is 0 Å². The summed E-state index contributed by atoms with van der Waals surface area (Å²) in [6.45, 7) is 9.74. The average Bonchev–Trinajstić information content (AvgIpc) is 2.91. The maximum absolute atomic E-state index is 6.19. The van der Waals surface area contributed by atoms with Crippen LogP contribution in [0, 0.1) is 34.5 Å². The third kappa shape index (κ3) is 2.68.